The normalized spacial score (nSPS) is 17.5. The van der Waals surface area contributed by atoms with E-state index in [9.17, 15) is 14.4 Å². The van der Waals surface area contributed by atoms with Gasteiger partial charge in [-0.2, -0.15) is 0 Å². The predicted octanol–water partition coefficient (Wildman–Crippen LogP) is 3.02. The van der Waals surface area contributed by atoms with Crippen molar-refractivity contribution >= 4 is 23.5 Å². The number of fused-ring (bicyclic) bond motifs is 1. The van der Waals surface area contributed by atoms with Crippen LogP contribution in [0.4, 0.5) is 5.69 Å². The molecule has 170 valence electrons. The van der Waals surface area contributed by atoms with Crippen molar-refractivity contribution in [3.05, 3.63) is 82.9 Å². The molecule has 0 fully saturated rings. The van der Waals surface area contributed by atoms with E-state index in [2.05, 4.69) is 10.3 Å². The van der Waals surface area contributed by atoms with E-state index < -0.39 is 17.4 Å². The summed E-state index contributed by atoms with van der Waals surface area (Å²) in [7, 11) is 1.24. The summed E-state index contributed by atoms with van der Waals surface area (Å²) in [6, 6.07) is 15.2. The number of hydrogen-bond acceptors (Lipinski definition) is 5. The zero-order valence-corrected chi connectivity index (χ0v) is 19.1. The van der Waals surface area contributed by atoms with Crippen LogP contribution in [0.2, 0.25) is 0 Å². The van der Waals surface area contributed by atoms with Crippen molar-refractivity contribution in [1.82, 2.24) is 14.9 Å². The number of carbonyl (C=O) groups is 3. The maximum absolute atomic E-state index is 13.9. The second kappa shape index (κ2) is 8.54. The molecule has 0 radical (unpaired) electrons. The van der Waals surface area contributed by atoms with Crippen molar-refractivity contribution in [3.63, 3.8) is 0 Å². The molecule has 0 spiro atoms. The summed E-state index contributed by atoms with van der Waals surface area (Å²) < 4.78 is 6.37. The van der Waals surface area contributed by atoms with Gasteiger partial charge in [0.15, 0.2) is 5.69 Å². The lowest BCUT2D eigenvalue weighted by Crippen LogP contribution is -2.64. The van der Waals surface area contributed by atoms with Gasteiger partial charge in [-0.25, -0.2) is 9.78 Å². The quantitative estimate of drug-likeness (QED) is 0.608. The molecule has 33 heavy (non-hydrogen) atoms. The maximum atomic E-state index is 13.9. The number of ether oxygens (including phenoxy) is 1. The third kappa shape index (κ3) is 3.77. The summed E-state index contributed by atoms with van der Waals surface area (Å²) in [5.74, 6) is -1.49. The van der Waals surface area contributed by atoms with Crippen LogP contribution in [0.5, 0.6) is 0 Å². The van der Waals surface area contributed by atoms with E-state index in [0.29, 0.717) is 12.2 Å². The highest BCUT2D eigenvalue weighted by Crippen LogP contribution is 2.36. The number of methoxy groups -OCH3 is 1. The first kappa shape index (κ1) is 22.3. The number of amides is 2. The Balaban J connectivity index is 1.80. The largest absolute Gasteiger partial charge is 0.464 e. The van der Waals surface area contributed by atoms with Gasteiger partial charge in [0.05, 0.1) is 20.0 Å². The van der Waals surface area contributed by atoms with E-state index in [0.717, 1.165) is 16.7 Å². The van der Waals surface area contributed by atoms with Crippen LogP contribution in [0, 0.1) is 13.8 Å². The third-order valence-corrected chi connectivity index (χ3v) is 6.20. The number of aryl methyl sites for hydroxylation is 1. The van der Waals surface area contributed by atoms with E-state index in [1.165, 1.54) is 18.3 Å². The molecule has 1 aliphatic heterocycles. The summed E-state index contributed by atoms with van der Waals surface area (Å²) in [4.78, 5) is 45.3. The molecule has 0 unspecified atom stereocenters. The Morgan fingerprint density at radius 1 is 1.12 bits per heavy atom. The molecular weight excluding hydrogens is 420 g/mol. The molecule has 0 aliphatic carbocycles. The number of nitrogens with zero attached hydrogens (tertiary/aromatic N) is 3. The number of nitrogens with one attached hydrogen (secondary N) is 1. The van der Waals surface area contributed by atoms with Crippen LogP contribution in [-0.4, -0.2) is 40.0 Å². The Labute approximate surface area is 192 Å². The van der Waals surface area contributed by atoms with Gasteiger partial charge in [-0.3, -0.25) is 14.5 Å². The monoisotopic (exact) mass is 446 g/mol. The third-order valence-electron chi connectivity index (χ3n) is 6.20. The van der Waals surface area contributed by atoms with Crippen LogP contribution in [0.25, 0.3) is 0 Å². The van der Waals surface area contributed by atoms with Crippen LogP contribution >= 0.6 is 0 Å². The zero-order chi connectivity index (χ0) is 23.8. The lowest BCUT2D eigenvalue weighted by atomic mass is 9.91. The predicted molar refractivity (Wildman–Crippen MR) is 123 cm³/mol. The molecular formula is C25H26N4O4. The van der Waals surface area contributed by atoms with Crippen LogP contribution < -0.4 is 10.2 Å². The number of aromatic nitrogens is 2. The molecule has 2 aromatic carbocycles. The van der Waals surface area contributed by atoms with Gasteiger partial charge in [-0.1, -0.05) is 42.5 Å². The standard InChI is InChI=1S/C25H26N4O4/c1-16-9-8-12-19(17(16)2)29-22(30)21-20(23(31)33-4)27-15-28(21)14-25(29,3)24(32)26-13-18-10-6-5-7-11-18/h5-12,15H,13-14H2,1-4H3,(H,26,32)/t25-/m0/s1. The van der Waals surface area contributed by atoms with Gasteiger partial charge in [0.2, 0.25) is 5.91 Å². The molecule has 0 saturated heterocycles. The fourth-order valence-corrected chi connectivity index (χ4v) is 4.20. The molecule has 1 aliphatic rings. The number of anilines is 1. The highest BCUT2D eigenvalue weighted by Gasteiger charge is 2.50. The average molecular weight is 447 g/mol. The average Bonchev–Trinajstić information content (AvgIpc) is 3.24. The number of rotatable bonds is 5. The molecule has 8 nitrogen and oxygen atoms in total. The van der Waals surface area contributed by atoms with Crippen LogP contribution in [0.3, 0.4) is 0 Å². The zero-order valence-electron chi connectivity index (χ0n) is 19.1. The fourth-order valence-electron chi connectivity index (χ4n) is 4.20. The summed E-state index contributed by atoms with van der Waals surface area (Å²) in [5, 5.41) is 2.98. The van der Waals surface area contributed by atoms with Gasteiger partial charge in [0, 0.05) is 12.2 Å². The van der Waals surface area contributed by atoms with Crippen molar-refractivity contribution < 1.29 is 19.1 Å². The van der Waals surface area contributed by atoms with Gasteiger partial charge in [0.25, 0.3) is 5.91 Å². The minimum Gasteiger partial charge on any atom is -0.464 e. The Morgan fingerprint density at radius 2 is 1.85 bits per heavy atom. The van der Waals surface area contributed by atoms with E-state index in [1.807, 2.05) is 62.4 Å². The minimum absolute atomic E-state index is 0.0652. The van der Waals surface area contributed by atoms with Crippen LogP contribution in [-0.2, 0) is 22.6 Å². The molecule has 0 saturated carbocycles. The lowest BCUT2D eigenvalue weighted by molar-refractivity contribution is -0.126. The molecule has 2 heterocycles. The maximum Gasteiger partial charge on any atom is 0.359 e. The Bertz CT molecular complexity index is 1230. The first-order valence-electron chi connectivity index (χ1n) is 10.6. The Morgan fingerprint density at radius 3 is 2.55 bits per heavy atom. The summed E-state index contributed by atoms with van der Waals surface area (Å²) >= 11 is 0. The van der Waals surface area contributed by atoms with Crippen molar-refractivity contribution in [3.8, 4) is 0 Å². The molecule has 1 N–H and O–H groups in total. The summed E-state index contributed by atoms with van der Waals surface area (Å²) in [5.41, 5.74) is 2.21. The van der Waals surface area contributed by atoms with Gasteiger partial charge < -0.3 is 14.6 Å². The number of carbonyl (C=O) groups excluding carboxylic acids is 3. The molecule has 1 aromatic heterocycles. The van der Waals surface area contributed by atoms with Gasteiger partial charge in [-0.05, 0) is 43.5 Å². The smallest absolute Gasteiger partial charge is 0.359 e. The number of imidazole rings is 1. The van der Waals surface area contributed by atoms with Gasteiger partial charge in [-0.15, -0.1) is 0 Å². The lowest BCUT2D eigenvalue weighted by Gasteiger charge is -2.44. The summed E-state index contributed by atoms with van der Waals surface area (Å²) in [6.07, 6.45) is 1.41. The fraction of sp³-hybridized carbons (Fsp3) is 0.280. The molecule has 3 aromatic rings. The van der Waals surface area contributed by atoms with E-state index in [-0.39, 0.29) is 23.8 Å². The SMILES string of the molecule is COC(=O)c1ncn2c1C(=O)N(c1cccc(C)c1C)[C@](C)(C(=O)NCc1ccccc1)C2. The van der Waals surface area contributed by atoms with Crippen molar-refractivity contribution in [1.29, 1.82) is 0 Å². The van der Waals surface area contributed by atoms with Gasteiger partial charge >= 0.3 is 5.97 Å². The van der Waals surface area contributed by atoms with Crippen LogP contribution in [0.15, 0.2) is 54.9 Å². The number of benzene rings is 2. The van der Waals surface area contributed by atoms with Crippen molar-refractivity contribution in [2.45, 2.75) is 39.4 Å². The summed E-state index contributed by atoms with van der Waals surface area (Å²) in [6.45, 7) is 6.05. The number of hydrogen-bond donors (Lipinski definition) is 1. The molecule has 1 atom stereocenters. The second-order valence-electron chi connectivity index (χ2n) is 8.36. The number of esters is 1. The van der Waals surface area contributed by atoms with Gasteiger partial charge in [0.1, 0.15) is 11.2 Å². The van der Waals surface area contributed by atoms with E-state index in [1.54, 1.807) is 11.5 Å². The van der Waals surface area contributed by atoms with Crippen LogP contribution in [0.1, 0.15) is 44.6 Å². The Kier molecular flexibility index (Phi) is 5.76. The van der Waals surface area contributed by atoms with E-state index >= 15 is 0 Å². The highest BCUT2D eigenvalue weighted by molar-refractivity contribution is 6.15. The Hall–Kier alpha value is -3.94. The first-order chi connectivity index (χ1) is 15.8. The van der Waals surface area contributed by atoms with Crippen molar-refractivity contribution in [2.24, 2.45) is 0 Å². The van der Waals surface area contributed by atoms with E-state index in [4.69, 9.17) is 4.74 Å². The highest BCUT2D eigenvalue weighted by atomic mass is 16.5. The molecule has 0 bridgehead atoms. The van der Waals surface area contributed by atoms with Crippen molar-refractivity contribution in [2.75, 3.05) is 12.0 Å². The molecule has 2 amide bonds. The topological polar surface area (TPSA) is 93.5 Å². The first-order valence-corrected chi connectivity index (χ1v) is 10.6. The minimum atomic E-state index is -1.26. The second-order valence-corrected chi connectivity index (χ2v) is 8.36. The molecule has 8 heteroatoms. The molecule has 4 rings (SSSR count).